The first-order chi connectivity index (χ1) is 13.3. The smallest absolute Gasteiger partial charge is 0.178 e. The Hall–Kier alpha value is -3.21. The standard InChI is InChI=1S/C19H20N8/c20-11-13-1-5-17(21-12-13)26-9-7-15(8-10-26)22-16-4-6-18-23-24-19(14-2-3-14)27(18)25-16/h1,4-6,12,14-15H,2-3,7-10H2,(H,22,25). The maximum atomic E-state index is 8.89. The van der Waals surface area contributed by atoms with Gasteiger partial charge in [-0.2, -0.15) is 9.78 Å². The van der Waals surface area contributed by atoms with E-state index in [0.29, 0.717) is 17.5 Å². The molecule has 8 heteroatoms. The van der Waals surface area contributed by atoms with E-state index in [1.165, 1.54) is 12.8 Å². The van der Waals surface area contributed by atoms with E-state index < -0.39 is 0 Å². The number of pyridine rings is 1. The van der Waals surface area contributed by atoms with E-state index in [9.17, 15) is 0 Å². The summed E-state index contributed by atoms with van der Waals surface area (Å²) in [5.74, 6) is 3.31. The Balaban J connectivity index is 1.24. The molecule has 1 N–H and O–H groups in total. The molecule has 0 unspecified atom stereocenters. The topological polar surface area (TPSA) is 95.0 Å². The van der Waals surface area contributed by atoms with Crippen molar-refractivity contribution in [3.8, 4) is 6.07 Å². The van der Waals surface area contributed by atoms with Crippen molar-refractivity contribution in [1.29, 1.82) is 5.26 Å². The van der Waals surface area contributed by atoms with Gasteiger partial charge in [0.2, 0.25) is 0 Å². The van der Waals surface area contributed by atoms with Gasteiger partial charge in [-0.05, 0) is 49.9 Å². The Kier molecular flexibility index (Phi) is 3.85. The molecule has 4 heterocycles. The van der Waals surface area contributed by atoms with Crippen LogP contribution in [-0.2, 0) is 0 Å². The van der Waals surface area contributed by atoms with Gasteiger partial charge >= 0.3 is 0 Å². The quantitative estimate of drug-likeness (QED) is 0.763. The van der Waals surface area contributed by atoms with Crippen molar-refractivity contribution < 1.29 is 0 Å². The molecule has 1 saturated heterocycles. The number of nitrogens with one attached hydrogen (secondary N) is 1. The summed E-state index contributed by atoms with van der Waals surface area (Å²) < 4.78 is 1.88. The molecule has 2 aliphatic rings. The number of aromatic nitrogens is 5. The zero-order valence-corrected chi connectivity index (χ0v) is 14.9. The van der Waals surface area contributed by atoms with Crippen LogP contribution >= 0.6 is 0 Å². The lowest BCUT2D eigenvalue weighted by atomic mass is 10.0. The van der Waals surface area contributed by atoms with Crippen LogP contribution in [-0.4, -0.2) is 43.9 Å². The van der Waals surface area contributed by atoms with E-state index in [2.05, 4.69) is 31.5 Å². The van der Waals surface area contributed by atoms with Gasteiger partial charge in [0.15, 0.2) is 11.5 Å². The molecule has 27 heavy (non-hydrogen) atoms. The van der Waals surface area contributed by atoms with Crippen molar-refractivity contribution in [3.05, 3.63) is 41.9 Å². The van der Waals surface area contributed by atoms with Gasteiger partial charge in [0.25, 0.3) is 0 Å². The van der Waals surface area contributed by atoms with Gasteiger partial charge in [0, 0.05) is 31.2 Å². The lowest BCUT2D eigenvalue weighted by molar-refractivity contribution is 0.521. The van der Waals surface area contributed by atoms with Crippen molar-refractivity contribution >= 4 is 17.3 Å². The molecular formula is C19H20N8. The van der Waals surface area contributed by atoms with E-state index in [0.717, 1.165) is 49.0 Å². The molecule has 0 bridgehead atoms. The van der Waals surface area contributed by atoms with Gasteiger partial charge in [-0.15, -0.1) is 15.3 Å². The number of piperidine rings is 1. The second kappa shape index (κ2) is 6.50. The third-order valence-electron chi connectivity index (χ3n) is 5.28. The number of rotatable bonds is 4. The highest BCUT2D eigenvalue weighted by molar-refractivity contribution is 5.46. The molecule has 0 radical (unpaired) electrons. The van der Waals surface area contributed by atoms with Gasteiger partial charge < -0.3 is 10.2 Å². The van der Waals surface area contributed by atoms with Crippen LogP contribution in [0.4, 0.5) is 11.6 Å². The fourth-order valence-electron chi connectivity index (χ4n) is 3.58. The number of anilines is 2. The Morgan fingerprint density at radius 2 is 1.89 bits per heavy atom. The Morgan fingerprint density at radius 1 is 1.04 bits per heavy atom. The monoisotopic (exact) mass is 360 g/mol. The van der Waals surface area contributed by atoms with Crippen LogP contribution in [0.1, 0.15) is 43.0 Å². The van der Waals surface area contributed by atoms with Crippen molar-refractivity contribution in [2.75, 3.05) is 23.3 Å². The summed E-state index contributed by atoms with van der Waals surface area (Å²) in [4.78, 5) is 6.66. The summed E-state index contributed by atoms with van der Waals surface area (Å²) in [5.41, 5.74) is 1.40. The predicted molar refractivity (Wildman–Crippen MR) is 101 cm³/mol. The second-order valence-corrected chi connectivity index (χ2v) is 7.24. The third kappa shape index (κ3) is 3.16. The van der Waals surface area contributed by atoms with Crippen molar-refractivity contribution in [2.45, 2.75) is 37.6 Å². The Labute approximate surface area is 156 Å². The molecule has 0 atom stereocenters. The van der Waals surface area contributed by atoms with Crippen LogP contribution in [0.25, 0.3) is 5.65 Å². The minimum absolute atomic E-state index is 0.380. The van der Waals surface area contributed by atoms with Gasteiger partial charge in [0.1, 0.15) is 17.7 Å². The first kappa shape index (κ1) is 16.0. The first-order valence-electron chi connectivity index (χ1n) is 9.40. The largest absolute Gasteiger partial charge is 0.366 e. The maximum Gasteiger partial charge on any atom is 0.178 e. The van der Waals surface area contributed by atoms with Crippen molar-refractivity contribution in [1.82, 2.24) is 24.8 Å². The molecule has 0 aromatic carbocycles. The highest BCUT2D eigenvalue weighted by Crippen LogP contribution is 2.38. The second-order valence-electron chi connectivity index (χ2n) is 7.24. The summed E-state index contributed by atoms with van der Waals surface area (Å²) in [6.07, 6.45) is 6.03. The highest BCUT2D eigenvalue weighted by Gasteiger charge is 2.29. The molecule has 5 rings (SSSR count). The van der Waals surface area contributed by atoms with Crippen molar-refractivity contribution in [2.24, 2.45) is 0 Å². The summed E-state index contributed by atoms with van der Waals surface area (Å²) >= 11 is 0. The maximum absolute atomic E-state index is 8.89. The minimum atomic E-state index is 0.380. The summed E-state index contributed by atoms with van der Waals surface area (Å²) in [6.45, 7) is 1.86. The Bertz CT molecular complexity index is 991. The zero-order chi connectivity index (χ0) is 18.2. The van der Waals surface area contributed by atoms with E-state index >= 15 is 0 Å². The van der Waals surface area contributed by atoms with Crippen LogP contribution in [0, 0.1) is 11.3 Å². The molecule has 1 saturated carbocycles. The number of nitriles is 1. The van der Waals surface area contributed by atoms with Gasteiger partial charge in [-0.3, -0.25) is 0 Å². The predicted octanol–water partition coefficient (Wildman–Crippen LogP) is 2.35. The van der Waals surface area contributed by atoms with Gasteiger partial charge in [-0.25, -0.2) is 4.98 Å². The fourth-order valence-corrected chi connectivity index (χ4v) is 3.58. The van der Waals surface area contributed by atoms with E-state index in [1.807, 2.05) is 28.8 Å². The minimum Gasteiger partial charge on any atom is -0.366 e. The van der Waals surface area contributed by atoms with Gasteiger partial charge in [0.05, 0.1) is 5.56 Å². The zero-order valence-electron chi connectivity index (χ0n) is 14.9. The van der Waals surface area contributed by atoms with Crippen molar-refractivity contribution in [3.63, 3.8) is 0 Å². The molecule has 8 nitrogen and oxygen atoms in total. The SMILES string of the molecule is N#Cc1ccc(N2CCC(Nc3ccc4nnc(C5CC5)n4n3)CC2)nc1. The third-order valence-corrected chi connectivity index (χ3v) is 5.28. The van der Waals surface area contributed by atoms with Crippen LogP contribution in [0.2, 0.25) is 0 Å². The molecule has 2 fully saturated rings. The lowest BCUT2D eigenvalue weighted by Crippen LogP contribution is -2.39. The number of fused-ring (bicyclic) bond motifs is 1. The number of hydrogen-bond donors (Lipinski definition) is 1. The van der Waals surface area contributed by atoms with Gasteiger partial charge in [-0.1, -0.05) is 0 Å². The molecular weight excluding hydrogens is 340 g/mol. The average Bonchev–Trinajstić information content (AvgIpc) is 3.48. The molecule has 0 spiro atoms. The van der Waals surface area contributed by atoms with E-state index in [4.69, 9.17) is 10.4 Å². The highest BCUT2D eigenvalue weighted by atomic mass is 15.4. The normalized spacial score (nSPS) is 17.8. The van der Waals surface area contributed by atoms with Crippen LogP contribution in [0.15, 0.2) is 30.5 Å². The lowest BCUT2D eigenvalue weighted by Gasteiger charge is -2.33. The summed E-state index contributed by atoms with van der Waals surface area (Å²) in [5, 5.41) is 25.7. The molecule has 0 amide bonds. The van der Waals surface area contributed by atoms with E-state index in [-0.39, 0.29) is 0 Å². The van der Waals surface area contributed by atoms with Crippen LogP contribution in [0.3, 0.4) is 0 Å². The van der Waals surface area contributed by atoms with Crippen LogP contribution < -0.4 is 10.2 Å². The molecule has 1 aliphatic heterocycles. The number of hydrogen-bond acceptors (Lipinski definition) is 7. The molecule has 1 aliphatic carbocycles. The summed E-state index contributed by atoms with van der Waals surface area (Å²) in [6, 6.07) is 10.2. The Morgan fingerprint density at radius 3 is 2.59 bits per heavy atom. The van der Waals surface area contributed by atoms with Crippen LogP contribution in [0.5, 0.6) is 0 Å². The molecule has 3 aromatic heterocycles. The summed E-state index contributed by atoms with van der Waals surface area (Å²) in [7, 11) is 0. The fraction of sp³-hybridized carbons (Fsp3) is 0.421. The molecule has 3 aromatic rings. The number of nitrogens with zero attached hydrogens (tertiary/aromatic N) is 7. The average molecular weight is 360 g/mol. The van der Waals surface area contributed by atoms with E-state index in [1.54, 1.807) is 6.20 Å². The first-order valence-corrected chi connectivity index (χ1v) is 9.40. The molecule has 136 valence electrons.